The Balaban J connectivity index is 3.12. The molecule has 0 fully saturated rings. The van der Waals surface area contributed by atoms with Crippen LogP contribution in [0.3, 0.4) is 0 Å². The lowest BCUT2D eigenvalue weighted by Crippen LogP contribution is -2.36. The van der Waals surface area contributed by atoms with Crippen molar-refractivity contribution in [3.8, 4) is 0 Å². The molecule has 0 aromatic heterocycles. The van der Waals surface area contributed by atoms with Gasteiger partial charge in [-0.05, 0) is 31.5 Å². The smallest absolute Gasteiger partial charge is 0.321 e. The Morgan fingerprint density at radius 1 is 1.35 bits per heavy atom. The molecule has 0 saturated carbocycles. The van der Waals surface area contributed by atoms with Crippen LogP contribution in [0.5, 0.6) is 0 Å². The summed E-state index contributed by atoms with van der Waals surface area (Å²) in [5.41, 5.74) is 0.469. The van der Waals surface area contributed by atoms with Gasteiger partial charge in [-0.2, -0.15) is 4.31 Å². The first-order valence-electron chi connectivity index (χ1n) is 6.25. The van der Waals surface area contributed by atoms with Crippen LogP contribution in [0, 0.1) is 6.92 Å². The van der Waals surface area contributed by atoms with E-state index in [4.69, 9.17) is 16.3 Å². The van der Waals surface area contributed by atoms with E-state index in [1.807, 2.05) is 0 Å². The number of ether oxygens (including phenoxy) is 1. The zero-order valence-corrected chi connectivity index (χ0v) is 13.3. The molecule has 0 spiro atoms. The number of rotatable bonds is 6. The Morgan fingerprint density at radius 3 is 2.55 bits per heavy atom. The second kappa shape index (κ2) is 7.06. The molecule has 0 unspecified atom stereocenters. The van der Waals surface area contributed by atoms with E-state index in [9.17, 15) is 13.2 Å². The molecule has 0 radical (unpaired) electrons. The van der Waals surface area contributed by atoms with Gasteiger partial charge >= 0.3 is 5.97 Å². The van der Waals surface area contributed by atoms with Crippen LogP contribution < -0.4 is 0 Å². The highest BCUT2D eigenvalue weighted by Crippen LogP contribution is 2.25. The summed E-state index contributed by atoms with van der Waals surface area (Å²) in [6.45, 7) is 5.05. The van der Waals surface area contributed by atoms with E-state index in [1.165, 1.54) is 6.07 Å². The lowest BCUT2D eigenvalue weighted by atomic mass is 10.2. The number of hydrogen-bond donors (Lipinski definition) is 0. The van der Waals surface area contributed by atoms with E-state index >= 15 is 0 Å². The summed E-state index contributed by atoms with van der Waals surface area (Å²) in [4.78, 5) is 11.6. The lowest BCUT2D eigenvalue weighted by Gasteiger charge is -2.20. The summed E-state index contributed by atoms with van der Waals surface area (Å²) in [6, 6.07) is 4.67. The molecular formula is C13H18ClNO4S. The molecule has 1 aromatic carbocycles. The molecule has 0 saturated heterocycles. The van der Waals surface area contributed by atoms with Crippen molar-refractivity contribution in [1.82, 2.24) is 4.31 Å². The van der Waals surface area contributed by atoms with Gasteiger partial charge in [0.1, 0.15) is 6.54 Å². The summed E-state index contributed by atoms with van der Waals surface area (Å²) >= 11 is 5.95. The molecule has 0 amide bonds. The Morgan fingerprint density at radius 2 is 2.00 bits per heavy atom. The van der Waals surface area contributed by atoms with Crippen LogP contribution in [0.15, 0.2) is 23.1 Å². The maximum absolute atomic E-state index is 12.5. The van der Waals surface area contributed by atoms with Gasteiger partial charge in [0.25, 0.3) is 0 Å². The molecule has 1 rings (SSSR count). The minimum absolute atomic E-state index is 0.108. The van der Waals surface area contributed by atoms with Gasteiger partial charge in [-0.25, -0.2) is 8.42 Å². The number of benzene rings is 1. The summed E-state index contributed by atoms with van der Waals surface area (Å²) in [5, 5.41) is 0.373. The molecule has 0 atom stereocenters. The second-order valence-corrected chi connectivity index (χ2v) is 6.41. The first-order chi connectivity index (χ1) is 9.34. The van der Waals surface area contributed by atoms with Gasteiger partial charge in [0.2, 0.25) is 10.0 Å². The summed E-state index contributed by atoms with van der Waals surface area (Å²) in [6.07, 6.45) is 0. The minimum atomic E-state index is -3.77. The summed E-state index contributed by atoms with van der Waals surface area (Å²) in [5.74, 6) is -0.572. The molecule has 0 N–H and O–H groups in total. The quantitative estimate of drug-likeness (QED) is 0.754. The molecule has 0 aliphatic rings. The zero-order chi connectivity index (χ0) is 15.3. The number of nitrogens with zero attached hydrogens (tertiary/aromatic N) is 1. The van der Waals surface area contributed by atoms with Crippen molar-refractivity contribution in [3.63, 3.8) is 0 Å². The molecular weight excluding hydrogens is 302 g/mol. The van der Waals surface area contributed by atoms with Crippen LogP contribution in [-0.4, -0.2) is 38.4 Å². The average Bonchev–Trinajstić information content (AvgIpc) is 2.39. The van der Waals surface area contributed by atoms with Crippen molar-refractivity contribution < 1.29 is 17.9 Å². The molecule has 0 bridgehead atoms. The molecule has 0 aliphatic heterocycles. The van der Waals surface area contributed by atoms with Crippen molar-refractivity contribution in [3.05, 3.63) is 28.8 Å². The fourth-order valence-corrected chi connectivity index (χ4v) is 3.60. The van der Waals surface area contributed by atoms with Crippen LogP contribution in [0.1, 0.15) is 19.4 Å². The third-order valence-corrected chi connectivity index (χ3v) is 5.27. The second-order valence-electron chi connectivity index (χ2n) is 4.10. The van der Waals surface area contributed by atoms with Gasteiger partial charge in [0.15, 0.2) is 0 Å². The Labute approximate surface area is 124 Å². The van der Waals surface area contributed by atoms with Crippen molar-refractivity contribution in [2.24, 2.45) is 0 Å². The van der Waals surface area contributed by atoms with Gasteiger partial charge < -0.3 is 4.74 Å². The monoisotopic (exact) mass is 319 g/mol. The highest BCUT2D eigenvalue weighted by Gasteiger charge is 2.27. The van der Waals surface area contributed by atoms with E-state index in [2.05, 4.69) is 0 Å². The minimum Gasteiger partial charge on any atom is -0.465 e. The van der Waals surface area contributed by atoms with Crippen molar-refractivity contribution >= 4 is 27.6 Å². The standard InChI is InChI=1S/C13H18ClNO4S/c1-4-15(9-13(16)19-5-2)20(17,18)12-8-6-7-11(14)10(12)3/h6-8H,4-5,9H2,1-3H3. The van der Waals surface area contributed by atoms with Crippen LogP contribution in [0.25, 0.3) is 0 Å². The number of sulfonamides is 1. The highest BCUT2D eigenvalue weighted by atomic mass is 35.5. The summed E-state index contributed by atoms with van der Waals surface area (Å²) < 4.78 is 30.9. The lowest BCUT2D eigenvalue weighted by molar-refractivity contribution is -0.143. The van der Waals surface area contributed by atoms with E-state index in [1.54, 1.807) is 32.9 Å². The molecule has 5 nitrogen and oxygen atoms in total. The predicted octanol–water partition coefficient (Wildman–Crippen LogP) is 2.22. The number of likely N-dealkylation sites (N-methyl/N-ethyl adjacent to an activating group) is 1. The van der Waals surface area contributed by atoms with Crippen molar-refractivity contribution in [1.29, 1.82) is 0 Å². The topological polar surface area (TPSA) is 63.7 Å². The third kappa shape index (κ3) is 3.71. The van der Waals surface area contributed by atoms with Crippen LogP contribution in [0.4, 0.5) is 0 Å². The van der Waals surface area contributed by atoms with Gasteiger partial charge in [-0.1, -0.05) is 24.6 Å². The number of carbonyl (C=O) groups is 1. The van der Waals surface area contributed by atoms with E-state index in [0.717, 1.165) is 4.31 Å². The predicted molar refractivity (Wildman–Crippen MR) is 77.3 cm³/mol. The van der Waals surface area contributed by atoms with Gasteiger partial charge in [-0.15, -0.1) is 0 Å². The number of hydrogen-bond acceptors (Lipinski definition) is 4. The number of esters is 1. The molecule has 1 aromatic rings. The fraction of sp³-hybridized carbons (Fsp3) is 0.462. The first kappa shape index (κ1) is 16.9. The maximum atomic E-state index is 12.5. The molecule has 20 heavy (non-hydrogen) atoms. The van der Waals surface area contributed by atoms with Crippen molar-refractivity contribution in [2.75, 3.05) is 19.7 Å². The SMILES string of the molecule is CCOC(=O)CN(CC)S(=O)(=O)c1cccc(Cl)c1C. The Bertz CT molecular complexity index is 586. The van der Waals surface area contributed by atoms with Gasteiger partial charge in [0.05, 0.1) is 11.5 Å². The number of carbonyl (C=O) groups excluding carboxylic acids is 1. The molecule has 0 aliphatic carbocycles. The molecule has 7 heteroatoms. The Hall–Kier alpha value is -1.11. The largest absolute Gasteiger partial charge is 0.465 e. The fourth-order valence-electron chi connectivity index (χ4n) is 1.72. The van der Waals surface area contributed by atoms with E-state index in [-0.39, 0.29) is 24.6 Å². The molecule has 112 valence electrons. The first-order valence-corrected chi connectivity index (χ1v) is 8.07. The van der Waals surface area contributed by atoms with Gasteiger partial charge in [-0.3, -0.25) is 4.79 Å². The van der Waals surface area contributed by atoms with Gasteiger partial charge in [0, 0.05) is 11.6 Å². The third-order valence-electron chi connectivity index (χ3n) is 2.80. The Kier molecular flexibility index (Phi) is 5.98. The van der Waals surface area contributed by atoms with E-state index in [0.29, 0.717) is 10.6 Å². The zero-order valence-electron chi connectivity index (χ0n) is 11.7. The van der Waals surface area contributed by atoms with Crippen LogP contribution in [0.2, 0.25) is 5.02 Å². The number of halogens is 1. The summed E-state index contributed by atoms with van der Waals surface area (Å²) in [7, 11) is -3.77. The maximum Gasteiger partial charge on any atom is 0.321 e. The average molecular weight is 320 g/mol. The van der Waals surface area contributed by atoms with Crippen LogP contribution >= 0.6 is 11.6 Å². The van der Waals surface area contributed by atoms with Crippen molar-refractivity contribution in [2.45, 2.75) is 25.7 Å². The van der Waals surface area contributed by atoms with E-state index < -0.39 is 16.0 Å². The molecule has 0 heterocycles. The van der Waals surface area contributed by atoms with Crippen LogP contribution in [-0.2, 0) is 19.6 Å². The highest BCUT2D eigenvalue weighted by molar-refractivity contribution is 7.89. The normalized spacial score (nSPS) is 11.7.